The van der Waals surface area contributed by atoms with Gasteiger partial charge in [0.05, 0.1) is 33.3 Å². The van der Waals surface area contributed by atoms with Crippen molar-refractivity contribution in [3.05, 3.63) is 128 Å². The molecular formula is C68H90F4N10O7S. The Hall–Kier alpha value is -6.85. The second kappa shape index (κ2) is 31.5. The van der Waals surface area contributed by atoms with Gasteiger partial charge < -0.3 is 41.2 Å². The Labute approximate surface area is 530 Å². The van der Waals surface area contributed by atoms with Gasteiger partial charge in [-0.25, -0.2) is 9.37 Å². The van der Waals surface area contributed by atoms with Crippen LogP contribution in [0.3, 0.4) is 0 Å². The zero-order valence-electron chi connectivity index (χ0n) is 53.1. The molecule has 3 saturated heterocycles. The van der Waals surface area contributed by atoms with E-state index >= 15 is 4.39 Å². The molecule has 5 heterocycles. The number of nitrogens with one attached hydrogen (secondary N) is 5. The number of pyridine rings is 1. The van der Waals surface area contributed by atoms with Crippen molar-refractivity contribution in [2.45, 2.75) is 180 Å². The van der Waals surface area contributed by atoms with Crippen molar-refractivity contribution in [2.24, 2.45) is 5.41 Å². The molecular weight excluding hydrogens is 1180 g/mol. The zero-order valence-corrected chi connectivity index (χ0v) is 53.9. The highest BCUT2D eigenvalue weighted by Gasteiger charge is 2.43. The summed E-state index contributed by atoms with van der Waals surface area (Å²) in [6.07, 6.45) is 3.76. The van der Waals surface area contributed by atoms with Crippen molar-refractivity contribution in [2.75, 3.05) is 58.2 Å². The topological polar surface area (TPSA) is 212 Å². The first kappa shape index (κ1) is 69.0. The van der Waals surface area contributed by atoms with E-state index in [1.165, 1.54) is 11.0 Å². The van der Waals surface area contributed by atoms with E-state index in [4.69, 9.17) is 0 Å². The number of nitrogens with zero attached hydrogens (tertiary/aromatic N) is 5. The number of halogens is 4. The van der Waals surface area contributed by atoms with Gasteiger partial charge in [0, 0.05) is 114 Å². The van der Waals surface area contributed by atoms with Gasteiger partial charge in [0.2, 0.25) is 29.2 Å². The molecule has 3 aromatic carbocycles. The second-order valence-corrected chi connectivity index (χ2v) is 27.0. The van der Waals surface area contributed by atoms with Crippen molar-refractivity contribution in [1.29, 1.82) is 0 Å². The molecule has 0 radical (unpaired) electrons. The summed E-state index contributed by atoms with van der Waals surface area (Å²) in [6.45, 7) is 17.3. The Morgan fingerprint density at radius 2 is 1.42 bits per heavy atom. The Balaban J connectivity index is 0.712. The predicted octanol–water partition coefficient (Wildman–Crippen LogP) is 10.4. The van der Waals surface area contributed by atoms with E-state index in [0.29, 0.717) is 56.1 Å². The molecule has 0 bridgehead atoms. The number of hydrogen-bond donors (Lipinski definition) is 6. The summed E-state index contributed by atoms with van der Waals surface area (Å²) < 4.78 is 58.0. The molecule has 22 heteroatoms. The van der Waals surface area contributed by atoms with Crippen molar-refractivity contribution in [1.82, 2.24) is 45.5 Å². The number of H-pyrrole nitrogens is 1. The number of carbonyl (C=O) groups is 5. The number of unbranched alkanes of at least 4 members (excludes halogenated alkanes) is 6. The zero-order chi connectivity index (χ0) is 64.9. The summed E-state index contributed by atoms with van der Waals surface area (Å²) >= 11 is 1.57. The molecule has 2 aromatic heterocycles. The fraction of sp³-hybridized carbons (Fsp3) is 0.544. The average Bonchev–Trinajstić information content (AvgIpc) is 3.26. The minimum absolute atomic E-state index is 0.0131. The summed E-state index contributed by atoms with van der Waals surface area (Å²) in [4.78, 5) is 95.1. The number of benzene rings is 3. The van der Waals surface area contributed by atoms with Crippen LogP contribution in [0.4, 0.5) is 23.2 Å². The number of aliphatic hydroxyl groups excluding tert-OH is 1. The number of aromatic nitrogens is 2. The van der Waals surface area contributed by atoms with Crippen molar-refractivity contribution >= 4 is 46.6 Å². The fourth-order valence-corrected chi connectivity index (χ4v) is 13.5. The van der Waals surface area contributed by atoms with Gasteiger partial charge in [0.25, 0.3) is 5.91 Å². The van der Waals surface area contributed by atoms with Crippen LogP contribution >= 0.6 is 11.3 Å². The van der Waals surface area contributed by atoms with E-state index < -0.39 is 52.8 Å². The molecule has 8 rings (SSSR count). The summed E-state index contributed by atoms with van der Waals surface area (Å²) in [6, 6.07) is 17.1. The lowest BCUT2D eigenvalue weighted by Crippen LogP contribution is -2.54. The molecule has 6 N–H and O–H groups in total. The molecule has 488 valence electrons. The van der Waals surface area contributed by atoms with Gasteiger partial charge in [0.15, 0.2) is 0 Å². The van der Waals surface area contributed by atoms with Crippen LogP contribution in [0.2, 0.25) is 0 Å². The van der Waals surface area contributed by atoms with E-state index in [1.807, 2.05) is 70.6 Å². The molecule has 0 spiro atoms. The van der Waals surface area contributed by atoms with Crippen LogP contribution in [0.25, 0.3) is 21.6 Å². The number of aromatic amines is 1. The number of β-amino-alcohol motifs (C(OH)–C–C–N with tert-alkyl or cyclic N) is 1. The number of alkyl halides is 3. The van der Waals surface area contributed by atoms with Gasteiger partial charge in [-0.2, -0.15) is 13.2 Å². The lowest BCUT2D eigenvalue weighted by atomic mass is 9.81. The first-order valence-corrected chi connectivity index (χ1v) is 32.7. The Morgan fingerprint density at radius 1 is 0.789 bits per heavy atom. The number of amides is 5. The molecule has 5 aromatic rings. The highest BCUT2D eigenvalue weighted by atomic mass is 32.1. The highest BCUT2D eigenvalue weighted by Crippen LogP contribution is 2.41. The fourth-order valence-electron chi connectivity index (χ4n) is 12.7. The van der Waals surface area contributed by atoms with Crippen LogP contribution in [0.15, 0.2) is 83.2 Å². The van der Waals surface area contributed by atoms with Crippen LogP contribution in [0.1, 0.15) is 162 Å². The van der Waals surface area contributed by atoms with E-state index in [1.54, 1.807) is 35.6 Å². The van der Waals surface area contributed by atoms with Crippen LogP contribution in [0.5, 0.6) is 0 Å². The summed E-state index contributed by atoms with van der Waals surface area (Å²) in [5, 5.41) is 22.4. The smallest absolute Gasteiger partial charge is 0.391 e. The lowest BCUT2D eigenvalue weighted by Gasteiger charge is -2.41. The number of anilines is 1. The number of aryl methyl sites for hydroxylation is 1. The van der Waals surface area contributed by atoms with Crippen LogP contribution in [0, 0.1) is 18.2 Å². The summed E-state index contributed by atoms with van der Waals surface area (Å²) in [7, 11) is 2.05. The van der Waals surface area contributed by atoms with Gasteiger partial charge >= 0.3 is 6.18 Å². The number of thiazole rings is 1. The van der Waals surface area contributed by atoms with Crippen LogP contribution in [-0.4, -0.2) is 147 Å². The standard InChI is InChI=1S/C68H90F4N10O7S/c1-43-31-50(32-44(2)79(43)7)52-23-22-49(34-57(52)78-64(87)54-39-74-62(86)36-55(54)68(70,71)72)53-33-47(19-24-56(53)69)40-81-29-27-80(28-30-81)26-25-73-60(84)15-13-11-9-8-10-12-14-16-61(85)77-58(37-67(4,5)6)66(89)82-41-51(83)35-59(82)65(88)75-38-46-17-20-48(21-18-46)63-45(3)76-42-90-63/h17-24,33-34,36,39,42-44,50-51,58-59,83H,8-16,25-32,35,37-38,40-41H2,1-7H3,(H,73,84)(H,74,86)(H,75,88)(H,77,85)(H,78,87)/t43-,44+,50?,51-,58?,59+/m1/s1. The van der Waals surface area contributed by atoms with E-state index in [2.05, 4.69) is 59.8 Å². The molecule has 3 fully saturated rings. The third-order valence-corrected chi connectivity index (χ3v) is 18.8. The van der Waals surface area contributed by atoms with Gasteiger partial charge in [-0.1, -0.05) is 95.3 Å². The largest absolute Gasteiger partial charge is 0.417 e. The number of piperidine rings is 1. The number of aliphatic hydroxyl groups is 1. The maximum atomic E-state index is 15.8. The molecule has 3 aliphatic rings. The van der Waals surface area contributed by atoms with E-state index in [9.17, 15) is 47.0 Å². The average molecular weight is 1270 g/mol. The minimum atomic E-state index is -4.96. The SMILES string of the molecule is Cc1ncsc1-c1ccc(CNC(=O)[C@@H]2C[C@@H](O)CN2C(=O)C(CC(C)(C)C)NC(=O)CCCCCCCCCC(=O)NCCN2CCN(Cc3ccc(F)c(-c4ccc(C5C[C@@H](C)N(C)[C@@H](C)C5)c(NC(=O)c5c[nH]c(=O)cc5C(F)(F)F)c4)c3)CC2)cc1. The Morgan fingerprint density at radius 3 is 2.07 bits per heavy atom. The molecule has 0 aliphatic carbocycles. The molecule has 2 unspecified atom stereocenters. The van der Waals surface area contributed by atoms with Crippen molar-refractivity contribution in [3.63, 3.8) is 0 Å². The van der Waals surface area contributed by atoms with E-state index in [0.717, 1.165) is 117 Å². The van der Waals surface area contributed by atoms with Crippen molar-refractivity contribution < 1.29 is 46.6 Å². The second-order valence-electron chi connectivity index (χ2n) is 26.1. The molecule has 5 amide bonds. The minimum Gasteiger partial charge on any atom is -0.391 e. The molecule has 17 nitrogen and oxygen atoms in total. The number of likely N-dealkylation sites (tertiary alicyclic amines) is 2. The monoisotopic (exact) mass is 1270 g/mol. The normalized spacial score (nSPS) is 19.8. The number of piperazine rings is 1. The summed E-state index contributed by atoms with van der Waals surface area (Å²) in [5.74, 6) is -2.48. The van der Waals surface area contributed by atoms with Gasteiger partial charge in [-0.15, -0.1) is 11.3 Å². The maximum Gasteiger partial charge on any atom is 0.417 e. The van der Waals surface area contributed by atoms with Gasteiger partial charge in [-0.05, 0) is 117 Å². The number of carbonyl (C=O) groups excluding carboxylic acids is 5. The third kappa shape index (κ3) is 19.3. The predicted molar refractivity (Wildman–Crippen MR) is 343 cm³/mol. The maximum absolute atomic E-state index is 15.8. The van der Waals surface area contributed by atoms with Crippen LogP contribution < -0.4 is 26.8 Å². The van der Waals surface area contributed by atoms with Crippen molar-refractivity contribution in [3.8, 4) is 21.6 Å². The molecule has 3 aliphatic heterocycles. The quantitative estimate of drug-likeness (QED) is 0.0226. The third-order valence-electron chi connectivity index (χ3n) is 17.9. The Bertz CT molecular complexity index is 3310. The number of rotatable bonds is 26. The molecule has 0 saturated carbocycles. The molecule has 6 atom stereocenters. The van der Waals surface area contributed by atoms with Gasteiger partial charge in [-0.3, -0.25) is 38.6 Å². The first-order chi connectivity index (χ1) is 42.8. The number of hydrogen-bond acceptors (Lipinski definition) is 12. The highest BCUT2D eigenvalue weighted by molar-refractivity contribution is 7.13. The van der Waals surface area contributed by atoms with E-state index in [-0.39, 0.29) is 78.7 Å². The first-order valence-electron chi connectivity index (χ1n) is 31.8. The summed E-state index contributed by atoms with van der Waals surface area (Å²) in [5.41, 5.74) is 3.99. The Kier molecular flexibility index (Phi) is 24.1. The lowest BCUT2D eigenvalue weighted by molar-refractivity contribution is -0.142. The van der Waals surface area contributed by atoms with Crippen LogP contribution in [-0.2, 0) is 38.4 Å². The molecule has 90 heavy (non-hydrogen) atoms. The van der Waals surface area contributed by atoms with Gasteiger partial charge in [0.1, 0.15) is 17.9 Å².